The van der Waals surface area contributed by atoms with Crippen molar-refractivity contribution in [3.8, 4) is 0 Å². The first-order valence-corrected chi connectivity index (χ1v) is 17.5. The molecule has 16 nitrogen and oxygen atoms in total. The highest BCUT2D eigenvalue weighted by Gasteiger charge is 2.47. The molecule has 0 aliphatic carbocycles. The van der Waals surface area contributed by atoms with Gasteiger partial charge in [0.15, 0.2) is 18.3 Å². The van der Waals surface area contributed by atoms with Crippen molar-refractivity contribution in [1.29, 1.82) is 0 Å². The number of hydrogen-bond acceptors (Lipinski definition) is 16. The van der Waals surface area contributed by atoms with Crippen LogP contribution in [-0.2, 0) is 76.2 Å². The zero-order chi connectivity index (χ0) is 39.3. The van der Waals surface area contributed by atoms with Crippen molar-refractivity contribution in [1.82, 2.24) is 0 Å². The van der Waals surface area contributed by atoms with E-state index in [4.69, 9.17) is 42.6 Å². The Balaban J connectivity index is 3.03. The van der Waals surface area contributed by atoms with Gasteiger partial charge in [-0.25, -0.2) is 19.2 Å². The molecule has 0 N–H and O–H groups in total. The van der Waals surface area contributed by atoms with Crippen LogP contribution < -0.4 is 0 Å². The largest absolute Gasteiger partial charge is 0.463 e. The van der Waals surface area contributed by atoms with E-state index in [1.54, 1.807) is 0 Å². The fraction of sp³-hybridized carbons (Fsp3) is 0.595. The van der Waals surface area contributed by atoms with Crippen molar-refractivity contribution in [3.63, 3.8) is 0 Å². The number of carbonyl (C=O) groups is 7. The average Bonchev–Trinajstić information content (AvgIpc) is 3.15. The number of carbonyl (C=O) groups excluding carboxylic acids is 7. The second-order valence-electron chi connectivity index (χ2n) is 11.4. The summed E-state index contributed by atoms with van der Waals surface area (Å²) in [6.07, 6.45) is 2.67. The monoisotopic (exact) mass is 752 g/mol. The van der Waals surface area contributed by atoms with E-state index in [-0.39, 0.29) is 58.9 Å². The molecule has 0 radical (unpaired) electrons. The second-order valence-corrected chi connectivity index (χ2v) is 11.4. The van der Waals surface area contributed by atoms with E-state index in [2.05, 4.69) is 26.3 Å². The van der Waals surface area contributed by atoms with Crippen LogP contribution in [0.2, 0.25) is 0 Å². The molecule has 296 valence electrons. The third-order valence-electron chi connectivity index (χ3n) is 7.25. The van der Waals surface area contributed by atoms with E-state index in [1.165, 1.54) is 0 Å². The maximum absolute atomic E-state index is 13.1. The van der Waals surface area contributed by atoms with Gasteiger partial charge in [0.25, 0.3) is 0 Å². The molecule has 1 saturated heterocycles. The first-order chi connectivity index (χ1) is 25.5. The molecule has 0 spiro atoms. The summed E-state index contributed by atoms with van der Waals surface area (Å²) < 4.78 is 48.8. The summed E-state index contributed by atoms with van der Waals surface area (Å²) >= 11 is 0. The summed E-state index contributed by atoms with van der Waals surface area (Å²) in [4.78, 5) is 83.8. The first-order valence-electron chi connectivity index (χ1n) is 17.5. The van der Waals surface area contributed by atoms with Crippen LogP contribution in [0.25, 0.3) is 0 Å². The van der Waals surface area contributed by atoms with Gasteiger partial charge >= 0.3 is 41.8 Å². The molecule has 1 fully saturated rings. The van der Waals surface area contributed by atoms with Gasteiger partial charge in [0.2, 0.25) is 6.29 Å². The van der Waals surface area contributed by atoms with Crippen molar-refractivity contribution in [2.75, 3.05) is 39.6 Å². The molecule has 1 aliphatic heterocycles. The molecular formula is C37H52O16. The van der Waals surface area contributed by atoms with Crippen molar-refractivity contribution in [3.05, 3.63) is 50.6 Å². The van der Waals surface area contributed by atoms with Gasteiger partial charge in [-0.3, -0.25) is 14.4 Å². The normalized spacial score (nSPS) is 17.6. The highest BCUT2D eigenvalue weighted by atomic mass is 16.7. The van der Waals surface area contributed by atoms with Gasteiger partial charge in [-0.15, -0.1) is 0 Å². The maximum Gasteiger partial charge on any atom is 0.330 e. The predicted molar refractivity (Wildman–Crippen MR) is 185 cm³/mol. The molecule has 0 aromatic heterocycles. The topological polar surface area (TPSA) is 203 Å². The molecule has 0 saturated carbocycles. The number of hydrogen-bond donors (Lipinski definition) is 0. The first kappa shape index (κ1) is 46.2. The Kier molecular flexibility index (Phi) is 25.0. The Morgan fingerprint density at radius 1 is 0.472 bits per heavy atom. The number of ether oxygens (including phenoxy) is 9. The number of unbranched alkanes of at least 4 members (excludes halogenated alkanes) is 5. The van der Waals surface area contributed by atoms with E-state index < -0.39 is 66.4 Å². The minimum Gasteiger partial charge on any atom is -0.463 e. The van der Waals surface area contributed by atoms with E-state index >= 15 is 0 Å². The Morgan fingerprint density at radius 2 is 0.849 bits per heavy atom. The number of rotatable bonds is 29. The average molecular weight is 753 g/mol. The second kappa shape index (κ2) is 28.7. The van der Waals surface area contributed by atoms with E-state index in [0.717, 1.165) is 24.3 Å². The molecule has 1 rings (SSSR count). The van der Waals surface area contributed by atoms with E-state index in [9.17, 15) is 33.6 Å². The molecule has 0 bridgehead atoms. The Morgan fingerprint density at radius 3 is 1.28 bits per heavy atom. The summed E-state index contributed by atoms with van der Waals surface area (Å²) in [5, 5.41) is 0. The zero-order valence-electron chi connectivity index (χ0n) is 30.2. The molecule has 1 heterocycles. The van der Waals surface area contributed by atoms with E-state index in [0.29, 0.717) is 57.8 Å². The highest BCUT2D eigenvalue weighted by molar-refractivity contribution is 5.82. The van der Waals surface area contributed by atoms with Crippen LogP contribution in [0.15, 0.2) is 50.6 Å². The van der Waals surface area contributed by atoms with Gasteiger partial charge in [0.05, 0.1) is 33.0 Å². The van der Waals surface area contributed by atoms with Crippen LogP contribution in [0.3, 0.4) is 0 Å². The molecule has 0 aromatic carbocycles. The molecule has 4 unspecified atom stereocenters. The number of esters is 7. The van der Waals surface area contributed by atoms with Gasteiger partial charge in [-0.2, -0.15) is 0 Å². The molecule has 4 atom stereocenters. The van der Waals surface area contributed by atoms with Gasteiger partial charge in [-0.05, 0) is 57.8 Å². The maximum atomic E-state index is 13.1. The Hall–Kier alpha value is -4.83. The Bertz CT molecular complexity index is 1230. The van der Waals surface area contributed by atoms with Gasteiger partial charge in [0.1, 0.15) is 0 Å². The standard InChI is InChI=1S/C37H52O16/c1-5-28(38)45-21-13-9-14-25-49-36-35(52-33(43)19-11-16-23-47-30(40)7-3)27(51-32(42)18-10-15-22-46-29(39)6-2)26-50-37(36)53-34(44)20-12-17-24-48-31(41)8-4/h5-8,27,35-37H,1-4,9-26H2. The summed E-state index contributed by atoms with van der Waals surface area (Å²) in [5.74, 6) is -4.26. The minimum absolute atomic E-state index is 0.0469. The molecule has 0 aromatic rings. The summed E-state index contributed by atoms with van der Waals surface area (Å²) in [5.41, 5.74) is 0. The van der Waals surface area contributed by atoms with Crippen molar-refractivity contribution in [2.24, 2.45) is 0 Å². The lowest BCUT2D eigenvalue weighted by Crippen LogP contribution is -2.58. The molecule has 0 amide bonds. The fourth-order valence-electron chi connectivity index (χ4n) is 4.53. The van der Waals surface area contributed by atoms with Gasteiger partial charge < -0.3 is 42.6 Å². The highest BCUT2D eigenvalue weighted by Crippen LogP contribution is 2.27. The lowest BCUT2D eigenvalue weighted by Gasteiger charge is -2.40. The third kappa shape index (κ3) is 22.0. The fourth-order valence-corrected chi connectivity index (χ4v) is 4.53. The van der Waals surface area contributed by atoms with Crippen LogP contribution in [0, 0.1) is 0 Å². The van der Waals surface area contributed by atoms with Gasteiger partial charge in [0, 0.05) is 50.2 Å². The summed E-state index contributed by atoms with van der Waals surface area (Å²) in [6.45, 7) is 13.5. The summed E-state index contributed by atoms with van der Waals surface area (Å²) in [6, 6.07) is 0. The third-order valence-corrected chi connectivity index (χ3v) is 7.25. The van der Waals surface area contributed by atoms with Crippen LogP contribution in [0.5, 0.6) is 0 Å². The smallest absolute Gasteiger partial charge is 0.330 e. The van der Waals surface area contributed by atoms with Crippen molar-refractivity contribution in [2.45, 2.75) is 102 Å². The SMILES string of the molecule is C=CC(=O)OCCCCCOC1C(OC(=O)CCCCOC(=O)C=C)OCC(OC(=O)CCCCOC(=O)C=C)C1OC(=O)CCCCOC(=O)C=C. The summed E-state index contributed by atoms with van der Waals surface area (Å²) in [7, 11) is 0. The quantitative estimate of drug-likeness (QED) is 0.0463. The minimum atomic E-state index is -1.35. The molecule has 53 heavy (non-hydrogen) atoms. The van der Waals surface area contributed by atoms with Gasteiger partial charge in [-0.1, -0.05) is 26.3 Å². The van der Waals surface area contributed by atoms with Crippen molar-refractivity contribution >= 4 is 41.8 Å². The molecule has 16 heteroatoms. The van der Waals surface area contributed by atoms with Crippen LogP contribution in [0.1, 0.15) is 77.0 Å². The lowest BCUT2D eigenvalue weighted by atomic mass is 10.0. The zero-order valence-corrected chi connectivity index (χ0v) is 30.2. The van der Waals surface area contributed by atoms with Crippen LogP contribution in [0.4, 0.5) is 0 Å². The van der Waals surface area contributed by atoms with Crippen LogP contribution >= 0.6 is 0 Å². The lowest BCUT2D eigenvalue weighted by molar-refractivity contribution is -0.280. The predicted octanol–water partition coefficient (Wildman–Crippen LogP) is 3.69. The van der Waals surface area contributed by atoms with E-state index in [1.807, 2.05) is 0 Å². The molecular weight excluding hydrogens is 700 g/mol. The van der Waals surface area contributed by atoms with Crippen molar-refractivity contribution < 1.29 is 76.2 Å². The Labute approximate surface area is 309 Å². The van der Waals surface area contributed by atoms with Crippen LogP contribution in [-0.4, -0.2) is 106 Å². The molecule has 1 aliphatic rings.